The van der Waals surface area contributed by atoms with Gasteiger partial charge in [-0.3, -0.25) is 0 Å². The Morgan fingerprint density at radius 2 is 0.808 bits per heavy atom. The summed E-state index contributed by atoms with van der Waals surface area (Å²) in [5.41, 5.74) is 0. The second kappa shape index (κ2) is 18.3. The number of hydrogen-bond donors (Lipinski definition) is 1. The van der Waals surface area contributed by atoms with Crippen LogP contribution in [0.1, 0.15) is 136 Å². The zero-order chi connectivity index (χ0) is 19.5. The van der Waals surface area contributed by atoms with Crippen LogP contribution in [0.4, 0.5) is 0 Å². The van der Waals surface area contributed by atoms with Gasteiger partial charge in [-0.15, -0.1) is 0 Å². The molecule has 0 heterocycles. The maximum absolute atomic E-state index is 11.8. The van der Waals surface area contributed by atoms with Crippen LogP contribution < -0.4 is 5.14 Å². The van der Waals surface area contributed by atoms with Crippen LogP contribution in [0.15, 0.2) is 0 Å². The lowest BCUT2D eigenvalue weighted by atomic mass is 10.0. The van der Waals surface area contributed by atoms with Crippen LogP contribution in [0, 0.1) is 0 Å². The Hall–Kier alpha value is -0.0900. The van der Waals surface area contributed by atoms with E-state index < -0.39 is 10.0 Å². The first-order valence-corrected chi connectivity index (χ1v) is 13.1. The molecule has 0 aliphatic heterocycles. The molecular formula is C22H47NO2S. The van der Waals surface area contributed by atoms with Gasteiger partial charge in [0.25, 0.3) is 0 Å². The molecule has 0 aromatic rings. The van der Waals surface area contributed by atoms with Gasteiger partial charge >= 0.3 is 0 Å². The van der Waals surface area contributed by atoms with Gasteiger partial charge in [0.15, 0.2) is 0 Å². The molecule has 0 aliphatic carbocycles. The number of nitrogens with two attached hydrogens (primary N) is 1. The summed E-state index contributed by atoms with van der Waals surface area (Å²) < 4.78 is 23.6. The van der Waals surface area contributed by atoms with Crippen molar-refractivity contribution in [3.8, 4) is 0 Å². The minimum absolute atomic E-state index is 0.313. The second-order valence-corrected chi connectivity index (χ2v) is 9.94. The molecule has 0 aromatic carbocycles. The molecule has 0 radical (unpaired) electrons. The topological polar surface area (TPSA) is 60.2 Å². The van der Waals surface area contributed by atoms with Crippen molar-refractivity contribution in [2.24, 2.45) is 5.14 Å². The fraction of sp³-hybridized carbons (Fsp3) is 1.00. The molecule has 1 unspecified atom stereocenters. The van der Waals surface area contributed by atoms with Gasteiger partial charge in [0.05, 0.1) is 5.25 Å². The molecule has 0 spiro atoms. The van der Waals surface area contributed by atoms with Gasteiger partial charge in [0.1, 0.15) is 0 Å². The highest BCUT2D eigenvalue weighted by molar-refractivity contribution is 7.89. The van der Waals surface area contributed by atoms with E-state index in [0.29, 0.717) is 0 Å². The van der Waals surface area contributed by atoms with Crippen LogP contribution in [0.2, 0.25) is 0 Å². The lowest BCUT2D eigenvalue weighted by molar-refractivity contribution is 0.507. The number of rotatable bonds is 20. The molecule has 158 valence electrons. The monoisotopic (exact) mass is 389 g/mol. The fourth-order valence-electron chi connectivity index (χ4n) is 3.66. The SMILES string of the molecule is CCCCCCCCCCCC(CCCCCCCCCC)S(N)(=O)=O. The van der Waals surface area contributed by atoms with E-state index in [1.807, 2.05) is 0 Å². The molecule has 0 aromatic heterocycles. The predicted octanol–water partition coefficient (Wildman–Crippen LogP) is 7.10. The molecule has 0 fully saturated rings. The van der Waals surface area contributed by atoms with Gasteiger partial charge in [0.2, 0.25) is 10.0 Å². The average molecular weight is 390 g/mol. The average Bonchev–Trinajstić information content (AvgIpc) is 2.59. The van der Waals surface area contributed by atoms with Crippen molar-refractivity contribution in [3.05, 3.63) is 0 Å². The molecule has 3 nitrogen and oxygen atoms in total. The molecule has 0 rings (SSSR count). The lowest BCUT2D eigenvalue weighted by Crippen LogP contribution is -2.28. The van der Waals surface area contributed by atoms with E-state index in [1.165, 1.54) is 83.5 Å². The van der Waals surface area contributed by atoms with E-state index in [0.717, 1.165) is 38.5 Å². The Morgan fingerprint density at radius 1 is 0.538 bits per heavy atom. The quantitative estimate of drug-likeness (QED) is 0.226. The van der Waals surface area contributed by atoms with E-state index in [-0.39, 0.29) is 5.25 Å². The van der Waals surface area contributed by atoms with Gasteiger partial charge in [-0.2, -0.15) is 0 Å². The van der Waals surface area contributed by atoms with Crippen molar-refractivity contribution in [2.45, 2.75) is 141 Å². The summed E-state index contributed by atoms with van der Waals surface area (Å²) in [6, 6.07) is 0. The third kappa shape index (κ3) is 17.3. The number of hydrogen-bond acceptors (Lipinski definition) is 2. The first-order chi connectivity index (χ1) is 12.5. The van der Waals surface area contributed by atoms with Crippen LogP contribution in [-0.2, 0) is 10.0 Å². The van der Waals surface area contributed by atoms with E-state index in [4.69, 9.17) is 5.14 Å². The van der Waals surface area contributed by atoms with Crippen LogP contribution in [-0.4, -0.2) is 13.7 Å². The van der Waals surface area contributed by atoms with Crippen LogP contribution >= 0.6 is 0 Å². The summed E-state index contributed by atoms with van der Waals surface area (Å²) in [5, 5.41) is 5.14. The van der Waals surface area contributed by atoms with Crippen LogP contribution in [0.3, 0.4) is 0 Å². The lowest BCUT2D eigenvalue weighted by Gasteiger charge is -2.14. The van der Waals surface area contributed by atoms with E-state index >= 15 is 0 Å². The third-order valence-corrected chi connectivity index (χ3v) is 6.87. The van der Waals surface area contributed by atoms with Crippen molar-refractivity contribution >= 4 is 10.0 Å². The molecule has 0 saturated carbocycles. The Labute approximate surface area is 165 Å². The minimum atomic E-state index is -3.38. The van der Waals surface area contributed by atoms with Gasteiger partial charge in [-0.25, -0.2) is 13.6 Å². The second-order valence-electron chi connectivity index (χ2n) is 8.09. The summed E-state index contributed by atoms with van der Waals surface area (Å²) in [7, 11) is -3.38. The minimum Gasteiger partial charge on any atom is -0.228 e. The smallest absolute Gasteiger partial charge is 0.211 e. The molecular weight excluding hydrogens is 342 g/mol. The molecule has 0 saturated heterocycles. The summed E-state index contributed by atoms with van der Waals surface area (Å²) in [5.74, 6) is 0. The molecule has 1 atom stereocenters. The summed E-state index contributed by atoms with van der Waals surface area (Å²) in [6.07, 6.45) is 22.9. The van der Waals surface area contributed by atoms with Crippen molar-refractivity contribution in [2.75, 3.05) is 0 Å². The van der Waals surface area contributed by atoms with Gasteiger partial charge in [-0.05, 0) is 12.8 Å². The van der Waals surface area contributed by atoms with Crippen molar-refractivity contribution in [3.63, 3.8) is 0 Å². The summed E-state index contributed by atoms with van der Waals surface area (Å²) in [6.45, 7) is 4.48. The maximum atomic E-state index is 11.8. The Kier molecular flexibility index (Phi) is 18.2. The van der Waals surface area contributed by atoms with Crippen LogP contribution in [0.5, 0.6) is 0 Å². The normalized spacial score (nSPS) is 13.2. The Balaban J connectivity index is 3.68. The zero-order valence-electron chi connectivity index (χ0n) is 17.8. The highest BCUT2D eigenvalue weighted by atomic mass is 32.2. The molecule has 2 N–H and O–H groups in total. The van der Waals surface area contributed by atoms with E-state index in [9.17, 15) is 8.42 Å². The summed E-state index contributed by atoms with van der Waals surface area (Å²) >= 11 is 0. The Morgan fingerprint density at radius 3 is 1.08 bits per heavy atom. The standard InChI is InChI=1S/C22H47NO2S/c1-3-5-7-9-11-13-15-17-19-21-22(26(23,24)25)20-18-16-14-12-10-8-6-4-2/h22H,3-21H2,1-2H3,(H2,23,24,25). The molecule has 0 amide bonds. The summed E-state index contributed by atoms with van der Waals surface area (Å²) in [4.78, 5) is 0. The Bertz CT molecular complexity index is 382. The van der Waals surface area contributed by atoms with Gasteiger partial charge < -0.3 is 0 Å². The molecule has 26 heavy (non-hydrogen) atoms. The number of primary sulfonamides is 1. The van der Waals surface area contributed by atoms with E-state index in [2.05, 4.69) is 13.8 Å². The molecule has 0 aliphatic rings. The first-order valence-electron chi connectivity index (χ1n) is 11.5. The third-order valence-electron chi connectivity index (χ3n) is 5.47. The highest BCUT2D eigenvalue weighted by Gasteiger charge is 2.20. The first kappa shape index (κ1) is 25.9. The van der Waals surface area contributed by atoms with Crippen LogP contribution in [0.25, 0.3) is 0 Å². The highest BCUT2D eigenvalue weighted by Crippen LogP contribution is 2.18. The fourth-order valence-corrected chi connectivity index (χ4v) is 4.65. The largest absolute Gasteiger partial charge is 0.228 e. The van der Waals surface area contributed by atoms with E-state index in [1.54, 1.807) is 0 Å². The van der Waals surface area contributed by atoms with Crippen molar-refractivity contribution < 1.29 is 8.42 Å². The maximum Gasteiger partial charge on any atom is 0.211 e. The van der Waals surface area contributed by atoms with Gasteiger partial charge in [0, 0.05) is 0 Å². The zero-order valence-corrected chi connectivity index (χ0v) is 18.6. The number of unbranched alkanes of at least 4 members (excludes halogenated alkanes) is 15. The van der Waals surface area contributed by atoms with Crippen molar-refractivity contribution in [1.29, 1.82) is 0 Å². The van der Waals surface area contributed by atoms with Crippen molar-refractivity contribution in [1.82, 2.24) is 0 Å². The van der Waals surface area contributed by atoms with Gasteiger partial charge in [-0.1, -0.05) is 123 Å². The molecule has 0 bridgehead atoms. The number of sulfonamides is 1. The predicted molar refractivity (Wildman–Crippen MR) is 116 cm³/mol. The molecule has 4 heteroatoms.